The SMILES string of the molecule is C=CN(C)/C=C(\C)C=O. The first-order chi connectivity index (χ1) is 4.20. The van der Waals surface area contributed by atoms with Gasteiger partial charge in [0.2, 0.25) is 0 Å². The number of hydrogen-bond acceptors (Lipinski definition) is 2. The van der Waals surface area contributed by atoms with Gasteiger partial charge in [0.25, 0.3) is 0 Å². The molecule has 0 aromatic heterocycles. The van der Waals surface area contributed by atoms with Crippen molar-refractivity contribution in [3.63, 3.8) is 0 Å². The van der Waals surface area contributed by atoms with Crippen LogP contribution < -0.4 is 0 Å². The first kappa shape index (κ1) is 7.95. The molecule has 50 valence electrons. The smallest absolute Gasteiger partial charge is 0.147 e. The van der Waals surface area contributed by atoms with Crippen LogP contribution in [0.5, 0.6) is 0 Å². The third-order valence-electron chi connectivity index (χ3n) is 0.881. The van der Waals surface area contributed by atoms with Crippen LogP contribution in [0, 0.1) is 0 Å². The van der Waals surface area contributed by atoms with Crippen molar-refractivity contribution in [3.8, 4) is 0 Å². The van der Waals surface area contributed by atoms with Gasteiger partial charge in [-0.1, -0.05) is 6.58 Å². The van der Waals surface area contributed by atoms with Crippen molar-refractivity contribution in [1.82, 2.24) is 4.90 Å². The topological polar surface area (TPSA) is 20.3 Å². The van der Waals surface area contributed by atoms with Crippen LogP contribution in [-0.2, 0) is 4.79 Å². The predicted molar refractivity (Wildman–Crippen MR) is 37.8 cm³/mol. The van der Waals surface area contributed by atoms with Gasteiger partial charge in [-0.2, -0.15) is 0 Å². The Morgan fingerprint density at radius 2 is 2.22 bits per heavy atom. The molecule has 0 atom stereocenters. The average molecular weight is 125 g/mol. The lowest BCUT2D eigenvalue weighted by atomic mass is 10.4. The second-order valence-corrected chi connectivity index (χ2v) is 1.84. The van der Waals surface area contributed by atoms with E-state index in [0.29, 0.717) is 5.57 Å². The van der Waals surface area contributed by atoms with E-state index in [9.17, 15) is 4.79 Å². The van der Waals surface area contributed by atoms with Gasteiger partial charge in [-0.15, -0.1) is 0 Å². The third kappa shape index (κ3) is 3.53. The van der Waals surface area contributed by atoms with Crippen molar-refractivity contribution in [2.45, 2.75) is 6.92 Å². The summed E-state index contributed by atoms with van der Waals surface area (Å²) in [5.74, 6) is 0. The Morgan fingerprint density at radius 1 is 1.67 bits per heavy atom. The summed E-state index contributed by atoms with van der Waals surface area (Å²) in [4.78, 5) is 11.8. The number of rotatable bonds is 3. The molecule has 2 nitrogen and oxygen atoms in total. The summed E-state index contributed by atoms with van der Waals surface area (Å²) in [6.45, 7) is 5.26. The molecule has 0 unspecified atom stereocenters. The molecule has 0 aliphatic carbocycles. The Morgan fingerprint density at radius 3 is 2.56 bits per heavy atom. The monoisotopic (exact) mass is 125 g/mol. The molecule has 0 N–H and O–H groups in total. The van der Waals surface area contributed by atoms with E-state index in [1.54, 1.807) is 24.2 Å². The van der Waals surface area contributed by atoms with Crippen LogP contribution in [0.1, 0.15) is 6.92 Å². The number of allylic oxidation sites excluding steroid dienone is 1. The molecule has 0 amide bonds. The van der Waals surface area contributed by atoms with Crippen LogP contribution in [-0.4, -0.2) is 18.2 Å². The lowest BCUT2D eigenvalue weighted by Gasteiger charge is -2.04. The van der Waals surface area contributed by atoms with Crippen LogP contribution in [0.4, 0.5) is 0 Å². The lowest BCUT2D eigenvalue weighted by molar-refractivity contribution is -0.104. The van der Waals surface area contributed by atoms with Gasteiger partial charge in [0, 0.05) is 18.8 Å². The minimum Gasteiger partial charge on any atom is -0.357 e. The van der Waals surface area contributed by atoms with Gasteiger partial charge < -0.3 is 4.90 Å². The Kier molecular flexibility index (Phi) is 3.44. The molecule has 0 bridgehead atoms. The van der Waals surface area contributed by atoms with Crippen molar-refractivity contribution in [2.75, 3.05) is 7.05 Å². The van der Waals surface area contributed by atoms with Gasteiger partial charge in [0.05, 0.1) is 0 Å². The molecule has 0 aliphatic rings. The zero-order valence-electron chi connectivity index (χ0n) is 5.79. The number of nitrogens with zero attached hydrogens (tertiary/aromatic N) is 1. The molecular formula is C7H11NO. The van der Waals surface area contributed by atoms with Gasteiger partial charge in [-0.05, 0) is 13.1 Å². The zero-order valence-corrected chi connectivity index (χ0v) is 5.79. The summed E-state index contributed by atoms with van der Waals surface area (Å²) in [6.07, 6.45) is 4.15. The Labute approximate surface area is 55.5 Å². The van der Waals surface area contributed by atoms with E-state index in [1.165, 1.54) is 0 Å². The summed E-state index contributed by atoms with van der Waals surface area (Å²) >= 11 is 0. The van der Waals surface area contributed by atoms with E-state index in [1.807, 2.05) is 7.05 Å². The second kappa shape index (κ2) is 3.89. The van der Waals surface area contributed by atoms with Gasteiger partial charge in [-0.3, -0.25) is 4.79 Å². The van der Waals surface area contributed by atoms with Crippen LogP contribution >= 0.6 is 0 Å². The van der Waals surface area contributed by atoms with Gasteiger partial charge in [0.15, 0.2) is 0 Å². The minimum atomic E-state index is 0.692. The molecule has 0 radical (unpaired) electrons. The number of hydrogen-bond donors (Lipinski definition) is 0. The maximum atomic E-state index is 10.0. The fourth-order valence-electron chi connectivity index (χ4n) is 0.404. The Balaban J connectivity index is 3.92. The van der Waals surface area contributed by atoms with E-state index in [4.69, 9.17) is 0 Å². The quantitative estimate of drug-likeness (QED) is 0.417. The predicted octanol–water partition coefficient (Wildman–Crippen LogP) is 1.16. The van der Waals surface area contributed by atoms with Crippen LogP contribution in [0.25, 0.3) is 0 Å². The standard InChI is InChI=1S/C7H11NO/c1-4-8(3)5-7(2)6-9/h4-6H,1H2,2-3H3/b7-5+. The number of aldehydes is 1. The summed E-state index contributed by atoms with van der Waals surface area (Å²) in [6, 6.07) is 0. The molecule has 0 rings (SSSR count). The van der Waals surface area contributed by atoms with Crippen molar-refractivity contribution >= 4 is 6.29 Å². The first-order valence-corrected chi connectivity index (χ1v) is 2.68. The summed E-state index contributed by atoms with van der Waals surface area (Å²) in [7, 11) is 1.82. The van der Waals surface area contributed by atoms with E-state index in [2.05, 4.69) is 6.58 Å². The molecule has 0 spiro atoms. The molecular weight excluding hydrogens is 114 g/mol. The van der Waals surface area contributed by atoms with Crippen LogP contribution in [0.15, 0.2) is 24.6 Å². The maximum Gasteiger partial charge on any atom is 0.147 e. The van der Waals surface area contributed by atoms with Gasteiger partial charge in [-0.25, -0.2) is 0 Å². The van der Waals surface area contributed by atoms with Gasteiger partial charge in [0.1, 0.15) is 6.29 Å². The van der Waals surface area contributed by atoms with Crippen molar-refractivity contribution in [3.05, 3.63) is 24.6 Å². The number of carbonyl (C=O) groups is 1. The summed E-state index contributed by atoms with van der Waals surface area (Å²) in [5.41, 5.74) is 0.692. The average Bonchev–Trinajstić information content (AvgIpc) is 1.87. The minimum absolute atomic E-state index is 0.692. The third-order valence-corrected chi connectivity index (χ3v) is 0.881. The normalized spacial score (nSPS) is 10.7. The van der Waals surface area contributed by atoms with E-state index < -0.39 is 0 Å². The van der Waals surface area contributed by atoms with Crippen LogP contribution in [0.2, 0.25) is 0 Å². The molecule has 0 heterocycles. The van der Waals surface area contributed by atoms with Crippen molar-refractivity contribution in [1.29, 1.82) is 0 Å². The zero-order chi connectivity index (χ0) is 7.28. The van der Waals surface area contributed by atoms with Crippen molar-refractivity contribution < 1.29 is 4.79 Å². The molecule has 0 aliphatic heterocycles. The van der Waals surface area contributed by atoms with E-state index in [-0.39, 0.29) is 0 Å². The molecule has 0 aromatic carbocycles. The highest BCUT2D eigenvalue weighted by Crippen LogP contribution is 1.90. The van der Waals surface area contributed by atoms with E-state index >= 15 is 0 Å². The molecule has 0 fully saturated rings. The highest BCUT2D eigenvalue weighted by Gasteiger charge is 1.84. The van der Waals surface area contributed by atoms with E-state index in [0.717, 1.165) is 6.29 Å². The van der Waals surface area contributed by atoms with Crippen molar-refractivity contribution in [2.24, 2.45) is 0 Å². The van der Waals surface area contributed by atoms with Gasteiger partial charge >= 0.3 is 0 Å². The fraction of sp³-hybridized carbons (Fsp3) is 0.286. The Hall–Kier alpha value is -1.05. The summed E-state index contributed by atoms with van der Waals surface area (Å²) < 4.78 is 0. The number of carbonyl (C=O) groups excluding carboxylic acids is 1. The Bertz CT molecular complexity index is 138. The maximum absolute atomic E-state index is 10.0. The first-order valence-electron chi connectivity index (χ1n) is 2.68. The lowest BCUT2D eigenvalue weighted by Crippen LogP contribution is -2.00. The van der Waals surface area contributed by atoms with Crippen LogP contribution in [0.3, 0.4) is 0 Å². The molecule has 2 heteroatoms. The highest BCUT2D eigenvalue weighted by atomic mass is 16.1. The largest absolute Gasteiger partial charge is 0.357 e. The molecule has 0 aromatic rings. The second-order valence-electron chi connectivity index (χ2n) is 1.84. The fourth-order valence-corrected chi connectivity index (χ4v) is 0.404. The highest BCUT2D eigenvalue weighted by molar-refractivity contribution is 5.71. The summed E-state index contributed by atoms with van der Waals surface area (Å²) in [5, 5.41) is 0. The molecule has 0 saturated heterocycles. The molecule has 0 saturated carbocycles. The molecule has 9 heavy (non-hydrogen) atoms.